The van der Waals surface area contributed by atoms with Gasteiger partial charge in [-0.2, -0.15) is 0 Å². The van der Waals surface area contributed by atoms with Crippen LogP contribution in [0.4, 0.5) is 0 Å². The van der Waals surface area contributed by atoms with Crippen molar-refractivity contribution in [3.63, 3.8) is 0 Å². The highest BCUT2D eigenvalue weighted by Gasteiger charge is 2.21. The Balaban J connectivity index is 2.73. The van der Waals surface area contributed by atoms with Crippen molar-refractivity contribution >= 4 is 39.1 Å². The number of carbonyl (C=O) groups excluding carboxylic acids is 1. The summed E-state index contributed by atoms with van der Waals surface area (Å²) in [6.45, 7) is 4.93. The van der Waals surface area contributed by atoms with E-state index in [2.05, 4.69) is 4.72 Å². The maximum absolute atomic E-state index is 12.2. The smallest absolute Gasteiger partial charge is 0.243 e. The third-order valence-electron chi connectivity index (χ3n) is 2.93. The third-order valence-corrected chi connectivity index (χ3v) is 5.35. The molecule has 1 N–H and O–H groups in total. The number of amides is 1. The number of rotatable bonds is 7. The summed E-state index contributed by atoms with van der Waals surface area (Å²) < 4.78 is 26.7. The second-order valence-electron chi connectivity index (χ2n) is 4.26. The van der Waals surface area contributed by atoms with Gasteiger partial charge in [0, 0.05) is 26.1 Å². The van der Waals surface area contributed by atoms with Crippen LogP contribution in [0.2, 0.25) is 10.0 Å². The van der Waals surface area contributed by atoms with Crippen LogP contribution in [0.1, 0.15) is 20.3 Å². The van der Waals surface area contributed by atoms with E-state index in [1.807, 2.05) is 13.8 Å². The lowest BCUT2D eigenvalue weighted by molar-refractivity contribution is -0.130. The molecule has 21 heavy (non-hydrogen) atoms. The molecule has 0 heterocycles. The van der Waals surface area contributed by atoms with Crippen molar-refractivity contribution in [1.29, 1.82) is 0 Å². The maximum atomic E-state index is 12.2. The summed E-state index contributed by atoms with van der Waals surface area (Å²) in [7, 11) is -3.84. The van der Waals surface area contributed by atoms with E-state index < -0.39 is 10.0 Å². The zero-order valence-corrected chi connectivity index (χ0v) is 14.2. The Kier molecular flexibility index (Phi) is 6.93. The zero-order chi connectivity index (χ0) is 16.0. The number of sulfonamides is 1. The molecule has 0 aromatic heterocycles. The van der Waals surface area contributed by atoms with Crippen LogP contribution in [0.25, 0.3) is 0 Å². The molecule has 0 bridgehead atoms. The van der Waals surface area contributed by atoms with Crippen molar-refractivity contribution < 1.29 is 13.2 Å². The van der Waals surface area contributed by atoms with Crippen LogP contribution in [0.5, 0.6) is 0 Å². The van der Waals surface area contributed by atoms with Crippen LogP contribution in [0, 0.1) is 0 Å². The average Bonchev–Trinajstić information content (AvgIpc) is 2.39. The minimum atomic E-state index is -3.84. The Bertz CT molecular complexity index is 581. The highest BCUT2D eigenvalue weighted by molar-refractivity contribution is 7.89. The molecule has 0 atom stereocenters. The molecule has 118 valence electrons. The highest BCUT2D eigenvalue weighted by Crippen LogP contribution is 2.28. The first-order valence-corrected chi connectivity index (χ1v) is 8.78. The van der Waals surface area contributed by atoms with Gasteiger partial charge in [-0.05, 0) is 26.0 Å². The highest BCUT2D eigenvalue weighted by atomic mass is 35.5. The van der Waals surface area contributed by atoms with E-state index in [4.69, 9.17) is 23.2 Å². The van der Waals surface area contributed by atoms with Crippen molar-refractivity contribution in [3.05, 3.63) is 28.2 Å². The van der Waals surface area contributed by atoms with Crippen LogP contribution in [-0.4, -0.2) is 38.9 Å². The summed E-state index contributed by atoms with van der Waals surface area (Å²) in [5, 5.41) is 0.0927. The zero-order valence-electron chi connectivity index (χ0n) is 11.9. The van der Waals surface area contributed by atoms with Gasteiger partial charge in [0.15, 0.2) is 0 Å². The van der Waals surface area contributed by atoms with Crippen molar-refractivity contribution in [2.24, 2.45) is 0 Å². The second-order valence-corrected chi connectivity index (χ2v) is 6.78. The van der Waals surface area contributed by atoms with Crippen molar-refractivity contribution in [2.45, 2.75) is 25.2 Å². The molecule has 0 saturated heterocycles. The summed E-state index contributed by atoms with van der Waals surface area (Å²) >= 11 is 11.7. The van der Waals surface area contributed by atoms with E-state index in [0.717, 1.165) is 0 Å². The second kappa shape index (κ2) is 7.98. The van der Waals surface area contributed by atoms with E-state index in [-0.39, 0.29) is 33.8 Å². The third kappa shape index (κ3) is 4.85. The summed E-state index contributed by atoms with van der Waals surface area (Å²) in [5.74, 6) is -0.104. The van der Waals surface area contributed by atoms with Crippen LogP contribution in [0.3, 0.4) is 0 Å². The number of hydrogen-bond acceptors (Lipinski definition) is 3. The molecule has 8 heteroatoms. The molecular formula is C13H18Cl2N2O3S. The molecule has 1 aromatic carbocycles. The van der Waals surface area contributed by atoms with Gasteiger partial charge in [0.05, 0.1) is 10.0 Å². The minimum absolute atomic E-state index is 0.000775. The van der Waals surface area contributed by atoms with Crippen molar-refractivity contribution in [1.82, 2.24) is 9.62 Å². The Hall–Kier alpha value is -0.820. The average molecular weight is 353 g/mol. The van der Waals surface area contributed by atoms with E-state index in [9.17, 15) is 13.2 Å². The van der Waals surface area contributed by atoms with Gasteiger partial charge in [-0.15, -0.1) is 0 Å². The van der Waals surface area contributed by atoms with Crippen LogP contribution in [0.15, 0.2) is 23.1 Å². The van der Waals surface area contributed by atoms with Gasteiger partial charge in [-0.1, -0.05) is 29.3 Å². The quantitative estimate of drug-likeness (QED) is 0.819. The van der Waals surface area contributed by atoms with Crippen molar-refractivity contribution in [2.75, 3.05) is 19.6 Å². The predicted molar refractivity (Wildman–Crippen MR) is 84.2 cm³/mol. The molecule has 0 aliphatic heterocycles. The fourth-order valence-electron chi connectivity index (χ4n) is 1.84. The number of nitrogens with one attached hydrogen (secondary N) is 1. The lowest BCUT2D eigenvalue weighted by Crippen LogP contribution is -2.34. The molecule has 0 aliphatic rings. The standard InChI is InChI=1S/C13H18Cl2N2O3S/c1-3-17(4-2)12(18)8-9-16-21(19,20)13-10(14)6-5-7-11(13)15/h5-7,16H,3-4,8-9H2,1-2H3. The molecule has 1 amide bonds. The first-order chi connectivity index (χ1) is 9.83. The van der Waals surface area contributed by atoms with Crippen molar-refractivity contribution in [3.8, 4) is 0 Å². The van der Waals surface area contributed by atoms with E-state index in [0.29, 0.717) is 13.1 Å². The van der Waals surface area contributed by atoms with Gasteiger partial charge in [0.25, 0.3) is 0 Å². The number of benzene rings is 1. The number of carbonyl (C=O) groups is 1. The van der Waals surface area contributed by atoms with Gasteiger partial charge in [-0.25, -0.2) is 13.1 Å². The van der Waals surface area contributed by atoms with Crippen LogP contribution in [-0.2, 0) is 14.8 Å². The summed E-state index contributed by atoms with van der Waals surface area (Å²) in [6.07, 6.45) is 0.0863. The van der Waals surface area contributed by atoms with Gasteiger partial charge in [0.1, 0.15) is 4.90 Å². The predicted octanol–water partition coefficient (Wildman–Crippen LogP) is 2.53. The lowest BCUT2D eigenvalue weighted by Gasteiger charge is -2.18. The Morgan fingerprint density at radius 2 is 1.71 bits per heavy atom. The molecule has 0 unspecified atom stereocenters. The summed E-state index contributed by atoms with van der Waals surface area (Å²) in [5.41, 5.74) is 0. The van der Waals surface area contributed by atoms with E-state index in [1.165, 1.54) is 12.1 Å². The molecule has 5 nitrogen and oxygen atoms in total. The SMILES string of the molecule is CCN(CC)C(=O)CCNS(=O)(=O)c1c(Cl)cccc1Cl. The van der Waals surface area contributed by atoms with E-state index >= 15 is 0 Å². The molecular weight excluding hydrogens is 335 g/mol. The van der Waals surface area contributed by atoms with Gasteiger partial charge < -0.3 is 4.90 Å². The normalized spacial score (nSPS) is 11.4. The minimum Gasteiger partial charge on any atom is -0.343 e. The fraction of sp³-hybridized carbons (Fsp3) is 0.462. The molecule has 1 aromatic rings. The first-order valence-electron chi connectivity index (χ1n) is 6.55. The van der Waals surface area contributed by atoms with Gasteiger partial charge in [-0.3, -0.25) is 4.79 Å². The monoisotopic (exact) mass is 352 g/mol. The Labute approximate surface area is 135 Å². The molecule has 0 aliphatic carbocycles. The summed E-state index contributed by atoms with van der Waals surface area (Å²) in [6, 6.07) is 4.46. The van der Waals surface area contributed by atoms with Gasteiger partial charge in [0.2, 0.25) is 15.9 Å². The molecule has 1 rings (SSSR count). The van der Waals surface area contributed by atoms with Gasteiger partial charge >= 0.3 is 0 Å². The lowest BCUT2D eigenvalue weighted by atomic mass is 10.3. The van der Waals surface area contributed by atoms with Crippen LogP contribution >= 0.6 is 23.2 Å². The topological polar surface area (TPSA) is 66.5 Å². The molecule has 0 saturated carbocycles. The molecule has 0 spiro atoms. The van der Waals surface area contributed by atoms with E-state index in [1.54, 1.807) is 11.0 Å². The molecule has 0 radical (unpaired) electrons. The van der Waals surface area contributed by atoms with Crippen LogP contribution < -0.4 is 4.72 Å². The first kappa shape index (κ1) is 18.2. The fourth-order valence-corrected chi connectivity index (χ4v) is 4.01. The Morgan fingerprint density at radius 1 is 1.19 bits per heavy atom. The Morgan fingerprint density at radius 3 is 2.19 bits per heavy atom. The largest absolute Gasteiger partial charge is 0.343 e. The number of halogens is 2. The summed E-state index contributed by atoms with van der Waals surface area (Å²) in [4.78, 5) is 13.3. The number of nitrogens with zero attached hydrogens (tertiary/aromatic N) is 1. The number of hydrogen-bond donors (Lipinski definition) is 1. The maximum Gasteiger partial charge on any atom is 0.243 e. The molecule has 0 fully saturated rings.